The van der Waals surface area contributed by atoms with Crippen LogP contribution < -0.4 is 9.77 Å². The summed E-state index contributed by atoms with van der Waals surface area (Å²) in [6.45, 7) is 0. The molecular formula is C25H18Br2N2O3S2. The SMILES string of the molecule is O=C1C2C3CC(C2C(=O)N1c1ccc(Br)cc1)C1C3Sc2[nH]c(=O)sc2[C@@H]1c1ccc(Br)cc1. The van der Waals surface area contributed by atoms with Crippen molar-refractivity contribution in [3.8, 4) is 0 Å². The monoisotopic (exact) mass is 616 g/mol. The lowest BCUT2D eigenvalue weighted by Gasteiger charge is -2.43. The van der Waals surface area contributed by atoms with Crippen LogP contribution in [0.1, 0.15) is 22.8 Å². The van der Waals surface area contributed by atoms with Gasteiger partial charge in [0.15, 0.2) is 0 Å². The fourth-order valence-electron chi connectivity index (χ4n) is 6.90. The Bertz CT molecular complexity index is 1400. The molecule has 2 aromatic carbocycles. The molecule has 0 radical (unpaired) electrons. The third-order valence-electron chi connectivity index (χ3n) is 8.04. The summed E-state index contributed by atoms with van der Waals surface area (Å²) < 4.78 is 1.92. The van der Waals surface area contributed by atoms with Gasteiger partial charge >= 0.3 is 4.87 Å². The number of amides is 2. The van der Waals surface area contributed by atoms with Crippen LogP contribution in [-0.4, -0.2) is 22.0 Å². The van der Waals surface area contributed by atoms with Crippen molar-refractivity contribution in [2.24, 2.45) is 29.6 Å². The van der Waals surface area contributed by atoms with Gasteiger partial charge in [-0.2, -0.15) is 0 Å². The molecule has 3 heterocycles. The van der Waals surface area contributed by atoms with Crippen molar-refractivity contribution in [2.75, 3.05) is 4.90 Å². The number of halogens is 2. The molecule has 7 rings (SSSR count). The van der Waals surface area contributed by atoms with Crippen molar-refractivity contribution in [1.82, 2.24) is 4.98 Å². The summed E-state index contributed by atoms with van der Waals surface area (Å²) >= 11 is 9.97. The zero-order valence-electron chi connectivity index (χ0n) is 17.6. The van der Waals surface area contributed by atoms with Gasteiger partial charge in [-0.25, -0.2) is 0 Å². The molecule has 1 N–H and O–H groups in total. The van der Waals surface area contributed by atoms with Crippen LogP contribution in [0.15, 0.2) is 67.3 Å². The highest BCUT2D eigenvalue weighted by Gasteiger charge is 2.69. The lowest BCUT2D eigenvalue weighted by molar-refractivity contribution is -0.123. The molecule has 2 bridgehead atoms. The molecule has 2 saturated carbocycles. The number of anilines is 1. The van der Waals surface area contributed by atoms with Crippen LogP contribution in [0.2, 0.25) is 0 Å². The summed E-state index contributed by atoms with van der Waals surface area (Å²) in [5, 5.41) is 1.15. The molecule has 7 atom stereocenters. The minimum atomic E-state index is -0.279. The van der Waals surface area contributed by atoms with Crippen LogP contribution >= 0.6 is 55.0 Å². The van der Waals surface area contributed by atoms with E-state index in [1.807, 2.05) is 36.4 Å². The standard InChI is InChI=1S/C25H18Br2N2O3S2/c26-11-3-1-10(2-4-11)16-17-14-9-15(20(17)33-22-21(16)34-25(32)28-22)19-18(14)23(30)29(24(19)31)13-7-5-12(27)6-8-13/h1-8,14-20H,9H2,(H,28,32)/t14?,15?,16-,17?,18?,19?,20?/m1/s1. The highest BCUT2D eigenvalue weighted by Crippen LogP contribution is 2.68. The number of aromatic nitrogens is 1. The van der Waals surface area contributed by atoms with Crippen molar-refractivity contribution in [3.63, 3.8) is 0 Å². The number of carbonyl (C=O) groups excluding carboxylic acids is 2. The van der Waals surface area contributed by atoms with Crippen molar-refractivity contribution in [3.05, 3.63) is 77.6 Å². The minimum Gasteiger partial charge on any atom is -0.307 e. The van der Waals surface area contributed by atoms with Gasteiger partial charge in [-0.3, -0.25) is 19.3 Å². The quantitative estimate of drug-likeness (QED) is 0.378. The number of hydrogen-bond donors (Lipinski definition) is 1. The molecule has 1 aromatic heterocycles. The van der Waals surface area contributed by atoms with Gasteiger partial charge in [-0.1, -0.05) is 55.3 Å². The average molecular weight is 618 g/mol. The molecule has 2 aliphatic carbocycles. The minimum absolute atomic E-state index is 0.0410. The van der Waals surface area contributed by atoms with Gasteiger partial charge < -0.3 is 4.98 Å². The number of hydrogen-bond acceptors (Lipinski definition) is 5. The second-order valence-electron chi connectivity index (χ2n) is 9.50. The number of fused-ring (bicyclic) bond motifs is 9. The fourth-order valence-corrected chi connectivity index (χ4v) is 10.3. The summed E-state index contributed by atoms with van der Waals surface area (Å²) in [5.74, 6) is -0.133. The number of rotatable bonds is 2. The van der Waals surface area contributed by atoms with E-state index in [9.17, 15) is 14.4 Å². The van der Waals surface area contributed by atoms with E-state index < -0.39 is 0 Å². The Balaban J connectivity index is 1.32. The summed E-state index contributed by atoms with van der Waals surface area (Å²) in [6, 6.07) is 15.7. The molecule has 9 heteroatoms. The number of imide groups is 1. The molecule has 0 spiro atoms. The van der Waals surface area contributed by atoms with Gasteiger partial charge in [0.25, 0.3) is 0 Å². The first kappa shape index (κ1) is 21.6. The van der Waals surface area contributed by atoms with Crippen LogP contribution in [0.4, 0.5) is 5.69 Å². The molecule has 172 valence electrons. The third-order valence-corrected chi connectivity index (χ3v) is 11.7. The lowest BCUT2D eigenvalue weighted by atomic mass is 9.68. The van der Waals surface area contributed by atoms with E-state index in [0.717, 1.165) is 25.3 Å². The Labute approximate surface area is 220 Å². The molecule has 3 fully saturated rings. The zero-order chi connectivity index (χ0) is 23.3. The van der Waals surface area contributed by atoms with Gasteiger partial charge in [-0.15, -0.1) is 11.8 Å². The average Bonchev–Trinajstić information content (AvgIpc) is 3.54. The second kappa shape index (κ2) is 7.66. The van der Waals surface area contributed by atoms with Gasteiger partial charge in [0.05, 0.1) is 22.5 Å². The molecular weight excluding hydrogens is 600 g/mol. The maximum Gasteiger partial charge on any atom is 0.305 e. The Kier molecular flexibility index (Phi) is 4.86. The lowest BCUT2D eigenvalue weighted by Crippen LogP contribution is -2.42. The Morgan fingerprint density at radius 1 is 0.853 bits per heavy atom. The van der Waals surface area contributed by atoms with Crippen LogP contribution in [0.3, 0.4) is 0 Å². The van der Waals surface area contributed by atoms with Crippen LogP contribution in [0.25, 0.3) is 0 Å². The largest absolute Gasteiger partial charge is 0.307 e. The van der Waals surface area contributed by atoms with Gasteiger partial charge in [0, 0.05) is 25.0 Å². The molecule has 34 heavy (non-hydrogen) atoms. The normalized spacial score (nSPS) is 33.2. The zero-order valence-corrected chi connectivity index (χ0v) is 22.4. The first-order valence-corrected chi connectivity index (χ1v) is 14.5. The van der Waals surface area contributed by atoms with E-state index in [1.54, 1.807) is 11.8 Å². The Morgan fingerprint density at radius 3 is 2.15 bits per heavy atom. The molecule has 1 saturated heterocycles. The van der Waals surface area contributed by atoms with Crippen molar-refractivity contribution < 1.29 is 9.59 Å². The molecule has 6 unspecified atom stereocenters. The first-order chi connectivity index (χ1) is 16.4. The maximum absolute atomic E-state index is 13.7. The highest BCUT2D eigenvalue weighted by atomic mass is 79.9. The van der Waals surface area contributed by atoms with Crippen LogP contribution in [0.5, 0.6) is 0 Å². The number of benzene rings is 2. The summed E-state index contributed by atoms with van der Waals surface area (Å²) in [5.41, 5.74) is 1.82. The topological polar surface area (TPSA) is 70.2 Å². The second-order valence-corrected chi connectivity index (χ2v) is 13.5. The summed E-state index contributed by atoms with van der Waals surface area (Å²) in [7, 11) is 0. The molecule has 3 aromatic rings. The van der Waals surface area contributed by atoms with Gasteiger partial charge in [0.1, 0.15) is 0 Å². The van der Waals surface area contributed by atoms with E-state index in [4.69, 9.17) is 0 Å². The summed E-state index contributed by atoms with van der Waals surface area (Å²) in [6.07, 6.45) is 0.898. The number of nitrogens with zero attached hydrogens (tertiary/aromatic N) is 1. The van der Waals surface area contributed by atoms with E-state index >= 15 is 0 Å². The van der Waals surface area contributed by atoms with Gasteiger partial charge in [-0.05, 0) is 66.1 Å². The van der Waals surface area contributed by atoms with E-state index in [2.05, 4.69) is 49.0 Å². The highest BCUT2D eigenvalue weighted by molar-refractivity contribution is 9.10. The molecule has 2 amide bonds. The number of nitrogens with one attached hydrogen (secondary N) is 1. The predicted octanol–water partition coefficient (Wildman–Crippen LogP) is 5.64. The Hall–Kier alpha value is -1.68. The molecule has 4 aliphatic rings. The number of thioether (sulfide) groups is 1. The smallest absolute Gasteiger partial charge is 0.305 e. The number of H-pyrrole nitrogens is 1. The number of aromatic amines is 1. The van der Waals surface area contributed by atoms with E-state index in [0.29, 0.717) is 5.69 Å². The van der Waals surface area contributed by atoms with Crippen LogP contribution in [-0.2, 0) is 9.59 Å². The predicted molar refractivity (Wildman–Crippen MR) is 139 cm³/mol. The molecule has 2 aliphatic heterocycles. The Morgan fingerprint density at radius 2 is 1.47 bits per heavy atom. The summed E-state index contributed by atoms with van der Waals surface area (Å²) in [4.78, 5) is 45.2. The molecule has 5 nitrogen and oxygen atoms in total. The van der Waals surface area contributed by atoms with E-state index in [1.165, 1.54) is 21.8 Å². The van der Waals surface area contributed by atoms with E-state index in [-0.39, 0.29) is 57.4 Å². The number of carbonyl (C=O) groups is 2. The van der Waals surface area contributed by atoms with Crippen LogP contribution in [0, 0.1) is 29.6 Å². The van der Waals surface area contributed by atoms with Gasteiger partial charge in [0.2, 0.25) is 11.8 Å². The number of thiazole rings is 1. The van der Waals surface area contributed by atoms with Crippen molar-refractivity contribution in [2.45, 2.75) is 22.6 Å². The maximum atomic E-state index is 13.7. The fraction of sp³-hybridized carbons (Fsp3) is 0.320. The van der Waals surface area contributed by atoms with Crippen molar-refractivity contribution >= 4 is 72.5 Å². The third kappa shape index (κ3) is 2.93. The first-order valence-electron chi connectivity index (χ1n) is 11.2. The van der Waals surface area contributed by atoms with Crippen molar-refractivity contribution in [1.29, 1.82) is 0 Å².